The summed E-state index contributed by atoms with van der Waals surface area (Å²) in [6, 6.07) is 7.21. The minimum atomic E-state index is -4.21. The van der Waals surface area contributed by atoms with E-state index < -0.39 is 13.4 Å². The summed E-state index contributed by atoms with van der Waals surface area (Å²) in [4.78, 5) is 20.3. The maximum Gasteiger partial charge on any atom is 0.352 e. The SMILES string of the molecule is CN1C(Br)=Cc2ccccc2C1P(=O)(O)O. The van der Waals surface area contributed by atoms with Crippen LogP contribution in [-0.2, 0) is 4.57 Å². The van der Waals surface area contributed by atoms with Crippen molar-refractivity contribution in [2.75, 3.05) is 7.05 Å². The molecule has 0 saturated heterocycles. The van der Waals surface area contributed by atoms with Crippen molar-refractivity contribution < 1.29 is 14.4 Å². The summed E-state index contributed by atoms with van der Waals surface area (Å²) in [6.07, 6.45) is 1.85. The average Bonchev–Trinajstić information content (AvgIpc) is 2.17. The van der Waals surface area contributed by atoms with E-state index >= 15 is 0 Å². The highest BCUT2D eigenvalue weighted by Crippen LogP contribution is 2.57. The summed E-state index contributed by atoms with van der Waals surface area (Å²) >= 11 is 3.30. The number of benzene rings is 1. The van der Waals surface area contributed by atoms with Gasteiger partial charge in [-0.25, -0.2) is 0 Å². The van der Waals surface area contributed by atoms with Crippen LogP contribution in [0.15, 0.2) is 28.9 Å². The van der Waals surface area contributed by atoms with Crippen molar-refractivity contribution >= 4 is 29.6 Å². The molecule has 0 radical (unpaired) electrons. The minimum absolute atomic E-state index is 0.654. The molecule has 0 bridgehead atoms. The Labute approximate surface area is 102 Å². The molecule has 0 saturated carbocycles. The first-order chi connectivity index (χ1) is 7.41. The van der Waals surface area contributed by atoms with Gasteiger partial charge in [0.25, 0.3) is 0 Å². The molecule has 1 aliphatic rings. The number of nitrogens with zero attached hydrogens (tertiary/aromatic N) is 1. The van der Waals surface area contributed by atoms with Gasteiger partial charge in [0.2, 0.25) is 0 Å². The standard InChI is InChI=1S/C10H11BrNO3P/c1-12-9(11)6-7-4-2-3-5-8(7)10(12)16(13,14)15/h2-6,10H,1H3,(H2,13,14,15). The van der Waals surface area contributed by atoms with Gasteiger partial charge >= 0.3 is 7.60 Å². The summed E-state index contributed by atoms with van der Waals surface area (Å²) in [6.45, 7) is 0. The van der Waals surface area contributed by atoms with E-state index in [2.05, 4.69) is 15.9 Å². The molecule has 0 fully saturated rings. The monoisotopic (exact) mass is 303 g/mol. The normalized spacial score (nSPS) is 20.4. The maximum atomic E-state index is 11.5. The van der Waals surface area contributed by atoms with Gasteiger partial charge in [0, 0.05) is 7.05 Å². The molecule has 1 aromatic carbocycles. The zero-order valence-corrected chi connectivity index (χ0v) is 11.0. The van der Waals surface area contributed by atoms with Crippen LogP contribution in [0.25, 0.3) is 6.08 Å². The Morgan fingerprint density at radius 2 is 2.00 bits per heavy atom. The molecule has 1 aromatic rings. The van der Waals surface area contributed by atoms with Gasteiger partial charge in [0.05, 0.1) is 4.61 Å². The molecule has 1 unspecified atom stereocenters. The molecular formula is C10H11BrNO3P. The first-order valence-corrected chi connectivity index (χ1v) is 7.13. The lowest BCUT2D eigenvalue weighted by atomic mass is 10.0. The summed E-state index contributed by atoms with van der Waals surface area (Å²) in [7, 11) is -2.56. The van der Waals surface area contributed by atoms with E-state index in [1.807, 2.05) is 18.2 Å². The lowest BCUT2D eigenvalue weighted by Crippen LogP contribution is -2.25. The van der Waals surface area contributed by atoms with E-state index in [0.29, 0.717) is 10.2 Å². The van der Waals surface area contributed by atoms with Crippen LogP contribution in [0.5, 0.6) is 0 Å². The summed E-state index contributed by atoms with van der Waals surface area (Å²) < 4.78 is 12.2. The quantitative estimate of drug-likeness (QED) is 0.618. The van der Waals surface area contributed by atoms with Gasteiger partial charge in [-0.1, -0.05) is 24.3 Å². The van der Waals surface area contributed by atoms with Crippen molar-refractivity contribution in [1.29, 1.82) is 0 Å². The van der Waals surface area contributed by atoms with Crippen molar-refractivity contribution in [3.8, 4) is 0 Å². The van der Waals surface area contributed by atoms with Gasteiger partial charge < -0.3 is 14.7 Å². The first-order valence-electron chi connectivity index (χ1n) is 4.65. The fourth-order valence-electron chi connectivity index (χ4n) is 1.84. The van der Waals surface area contributed by atoms with Crippen LogP contribution in [0.4, 0.5) is 0 Å². The Hall–Kier alpha value is -0.610. The molecule has 1 heterocycles. The molecule has 16 heavy (non-hydrogen) atoms. The summed E-state index contributed by atoms with van der Waals surface area (Å²) in [5.74, 6) is -0.914. The maximum absolute atomic E-state index is 11.5. The third kappa shape index (κ3) is 1.96. The van der Waals surface area contributed by atoms with Gasteiger partial charge in [-0.05, 0) is 33.1 Å². The Bertz CT molecular complexity index is 497. The fourth-order valence-corrected chi connectivity index (χ4v) is 3.62. The van der Waals surface area contributed by atoms with E-state index in [9.17, 15) is 14.4 Å². The molecule has 1 aliphatic heterocycles. The second kappa shape index (κ2) is 4.00. The highest BCUT2D eigenvalue weighted by Gasteiger charge is 2.38. The molecule has 0 aliphatic carbocycles. The Kier molecular flexibility index (Phi) is 2.97. The van der Waals surface area contributed by atoms with Crippen LogP contribution in [0.3, 0.4) is 0 Å². The van der Waals surface area contributed by atoms with Crippen LogP contribution >= 0.6 is 23.5 Å². The molecule has 2 rings (SSSR count). The molecule has 0 amide bonds. The Morgan fingerprint density at radius 1 is 1.38 bits per heavy atom. The van der Waals surface area contributed by atoms with Crippen LogP contribution in [0.1, 0.15) is 16.9 Å². The second-order valence-corrected chi connectivity index (χ2v) is 6.15. The van der Waals surface area contributed by atoms with Crippen molar-refractivity contribution in [1.82, 2.24) is 4.90 Å². The Morgan fingerprint density at radius 3 is 2.62 bits per heavy atom. The molecule has 2 N–H and O–H groups in total. The largest absolute Gasteiger partial charge is 0.352 e. The second-order valence-electron chi connectivity index (χ2n) is 3.67. The summed E-state index contributed by atoms with van der Waals surface area (Å²) in [5, 5.41) is 0. The predicted octanol–water partition coefficient (Wildman–Crippen LogP) is 2.50. The van der Waals surface area contributed by atoms with Crippen molar-refractivity contribution in [3.05, 3.63) is 40.0 Å². The molecule has 86 valence electrons. The van der Waals surface area contributed by atoms with E-state index in [1.165, 1.54) is 0 Å². The highest BCUT2D eigenvalue weighted by molar-refractivity contribution is 9.11. The zero-order chi connectivity index (χ0) is 11.9. The van der Waals surface area contributed by atoms with Gasteiger partial charge in [-0.15, -0.1) is 0 Å². The summed E-state index contributed by atoms with van der Waals surface area (Å²) in [5.41, 5.74) is 1.49. The van der Waals surface area contributed by atoms with Crippen molar-refractivity contribution in [2.24, 2.45) is 0 Å². The van der Waals surface area contributed by atoms with Crippen molar-refractivity contribution in [2.45, 2.75) is 5.78 Å². The van der Waals surface area contributed by atoms with Gasteiger partial charge in [0.15, 0.2) is 5.78 Å². The number of halogens is 1. The molecule has 4 nitrogen and oxygen atoms in total. The number of rotatable bonds is 1. The fraction of sp³-hybridized carbons (Fsp3) is 0.200. The minimum Gasteiger partial charge on any atom is -0.351 e. The van der Waals surface area contributed by atoms with E-state index in [0.717, 1.165) is 5.56 Å². The molecule has 6 heteroatoms. The van der Waals surface area contributed by atoms with E-state index in [-0.39, 0.29) is 0 Å². The van der Waals surface area contributed by atoms with Crippen LogP contribution in [0, 0.1) is 0 Å². The zero-order valence-electron chi connectivity index (χ0n) is 8.54. The van der Waals surface area contributed by atoms with Gasteiger partial charge in [-0.2, -0.15) is 0 Å². The predicted molar refractivity (Wildman–Crippen MR) is 65.9 cm³/mol. The number of hydrogen-bond acceptors (Lipinski definition) is 2. The third-order valence-electron chi connectivity index (χ3n) is 2.57. The molecular weight excluding hydrogens is 293 g/mol. The van der Waals surface area contributed by atoms with Crippen LogP contribution in [-0.4, -0.2) is 21.7 Å². The first kappa shape index (κ1) is 11.9. The third-order valence-corrected chi connectivity index (χ3v) is 4.62. The van der Waals surface area contributed by atoms with Crippen molar-refractivity contribution in [3.63, 3.8) is 0 Å². The van der Waals surface area contributed by atoms with Crippen LogP contribution in [0.2, 0.25) is 0 Å². The van der Waals surface area contributed by atoms with Crippen LogP contribution < -0.4 is 0 Å². The topological polar surface area (TPSA) is 60.8 Å². The average molecular weight is 304 g/mol. The molecule has 1 atom stereocenters. The lowest BCUT2D eigenvalue weighted by molar-refractivity contribution is 0.299. The van der Waals surface area contributed by atoms with Gasteiger partial charge in [0.1, 0.15) is 0 Å². The smallest absolute Gasteiger partial charge is 0.351 e. The lowest BCUT2D eigenvalue weighted by Gasteiger charge is -2.34. The van der Waals surface area contributed by atoms with E-state index in [1.54, 1.807) is 24.1 Å². The number of fused-ring (bicyclic) bond motifs is 1. The molecule has 0 aromatic heterocycles. The van der Waals surface area contributed by atoms with E-state index in [4.69, 9.17) is 0 Å². The van der Waals surface area contributed by atoms with Gasteiger partial charge in [-0.3, -0.25) is 4.57 Å². The highest BCUT2D eigenvalue weighted by atomic mass is 79.9. The molecule has 0 spiro atoms. The Balaban J connectivity index is 2.63. The number of hydrogen-bond donors (Lipinski definition) is 2.